The highest BCUT2D eigenvalue weighted by Crippen LogP contribution is 2.20. The number of nitrogens with one attached hydrogen (secondary N) is 1. The quantitative estimate of drug-likeness (QED) is 0.592. The molecular formula is C17H18INO2. The lowest BCUT2D eigenvalue weighted by molar-refractivity contribution is 0.0526. The minimum atomic E-state index is -0.283. The molecule has 110 valence electrons. The zero-order valence-electron chi connectivity index (χ0n) is 12.1. The van der Waals surface area contributed by atoms with Gasteiger partial charge in [0, 0.05) is 15.3 Å². The van der Waals surface area contributed by atoms with Crippen molar-refractivity contribution in [1.82, 2.24) is 0 Å². The monoisotopic (exact) mass is 395 g/mol. The minimum absolute atomic E-state index is 0.204. The number of ether oxygens (including phenoxy) is 1. The average molecular weight is 395 g/mol. The molecule has 0 aliphatic heterocycles. The Kier molecular flexibility index (Phi) is 5.61. The van der Waals surface area contributed by atoms with Gasteiger partial charge in [0.1, 0.15) is 0 Å². The van der Waals surface area contributed by atoms with Crippen molar-refractivity contribution in [1.29, 1.82) is 0 Å². The summed E-state index contributed by atoms with van der Waals surface area (Å²) in [6, 6.07) is 16.0. The van der Waals surface area contributed by atoms with Gasteiger partial charge in [-0.05, 0) is 78.4 Å². The maximum Gasteiger partial charge on any atom is 0.338 e. The molecule has 0 bridgehead atoms. The molecule has 0 fully saturated rings. The molecule has 2 aromatic rings. The van der Waals surface area contributed by atoms with Crippen LogP contribution in [0.2, 0.25) is 0 Å². The van der Waals surface area contributed by atoms with Gasteiger partial charge in [-0.1, -0.05) is 12.1 Å². The van der Waals surface area contributed by atoms with Crippen LogP contribution in [-0.2, 0) is 4.74 Å². The molecule has 1 N–H and O–H groups in total. The topological polar surface area (TPSA) is 38.3 Å². The third-order valence-electron chi connectivity index (χ3n) is 3.15. The lowest BCUT2D eigenvalue weighted by Gasteiger charge is -2.16. The Morgan fingerprint density at radius 3 is 2.33 bits per heavy atom. The number of anilines is 1. The van der Waals surface area contributed by atoms with Crippen LogP contribution in [0.25, 0.3) is 0 Å². The average Bonchev–Trinajstić information content (AvgIpc) is 2.49. The largest absolute Gasteiger partial charge is 0.462 e. The maximum absolute atomic E-state index is 11.6. The molecule has 0 aliphatic rings. The molecule has 1 atom stereocenters. The Bertz CT molecular complexity index is 593. The van der Waals surface area contributed by atoms with Gasteiger partial charge in [-0.25, -0.2) is 4.79 Å². The SMILES string of the molecule is CCOC(=O)c1ccc(NC(C)c2ccc(I)cc2)cc1. The summed E-state index contributed by atoms with van der Waals surface area (Å²) in [6.07, 6.45) is 0. The fraction of sp³-hybridized carbons (Fsp3) is 0.235. The Morgan fingerprint density at radius 2 is 1.76 bits per heavy atom. The number of esters is 1. The van der Waals surface area contributed by atoms with E-state index >= 15 is 0 Å². The molecule has 0 aliphatic carbocycles. The summed E-state index contributed by atoms with van der Waals surface area (Å²) in [4.78, 5) is 11.6. The van der Waals surface area contributed by atoms with Gasteiger partial charge in [-0.3, -0.25) is 0 Å². The number of benzene rings is 2. The third kappa shape index (κ3) is 4.46. The third-order valence-corrected chi connectivity index (χ3v) is 3.87. The molecule has 0 radical (unpaired) electrons. The van der Waals surface area contributed by atoms with E-state index in [-0.39, 0.29) is 12.0 Å². The van der Waals surface area contributed by atoms with Crippen molar-refractivity contribution in [3.63, 3.8) is 0 Å². The van der Waals surface area contributed by atoms with E-state index in [1.807, 2.05) is 12.1 Å². The van der Waals surface area contributed by atoms with Gasteiger partial charge in [0.05, 0.1) is 12.2 Å². The first-order valence-electron chi connectivity index (χ1n) is 6.89. The lowest BCUT2D eigenvalue weighted by Crippen LogP contribution is -2.08. The molecule has 0 amide bonds. The Balaban J connectivity index is 2.02. The Labute approximate surface area is 138 Å². The van der Waals surface area contributed by atoms with Crippen molar-refractivity contribution in [2.45, 2.75) is 19.9 Å². The van der Waals surface area contributed by atoms with Crippen LogP contribution >= 0.6 is 22.6 Å². The molecule has 0 spiro atoms. The summed E-state index contributed by atoms with van der Waals surface area (Å²) in [5.74, 6) is -0.283. The Morgan fingerprint density at radius 1 is 1.14 bits per heavy atom. The zero-order chi connectivity index (χ0) is 15.2. The summed E-state index contributed by atoms with van der Waals surface area (Å²) < 4.78 is 6.19. The van der Waals surface area contributed by atoms with E-state index < -0.39 is 0 Å². The van der Waals surface area contributed by atoms with Gasteiger partial charge >= 0.3 is 5.97 Å². The highest BCUT2D eigenvalue weighted by molar-refractivity contribution is 14.1. The number of carbonyl (C=O) groups excluding carboxylic acids is 1. The number of hydrogen-bond donors (Lipinski definition) is 1. The van der Waals surface area contributed by atoms with E-state index in [1.165, 1.54) is 9.13 Å². The predicted molar refractivity (Wildman–Crippen MR) is 93.6 cm³/mol. The molecule has 4 heteroatoms. The van der Waals surface area contributed by atoms with Crippen LogP contribution in [0.5, 0.6) is 0 Å². The predicted octanol–water partition coefficient (Wildman–Crippen LogP) is 4.64. The van der Waals surface area contributed by atoms with Crippen molar-refractivity contribution in [2.75, 3.05) is 11.9 Å². The standard InChI is InChI=1S/C17H18INO2/c1-3-21-17(20)14-6-10-16(11-7-14)19-12(2)13-4-8-15(18)9-5-13/h4-12,19H,3H2,1-2H3. The van der Waals surface area contributed by atoms with Gasteiger partial charge in [0.15, 0.2) is 0 Å². The van der Waals surface area contributed by atoms with Crippen molar-refractivity contribution < 1.29 is 9.53 Å². The number of halogens is 1. The summed E-state index contributed by atoms with van der Waals surface area (Å²) in [5.41, 5.74) is 2.78. The van der Waals surface area contributed by atoms with E-state index in [0.29, 0.717) is 12.2 Å². The van der Waals surface area contributed by atoms with Crippen molar-refractivity contribution >= 4 is 34.2 Å². The normalized spacial score (nSPS) is 11.8. The lowest BCUT2D eigenvalue weighted by atomic mass is 10.1. The molecule has 3 nitrogen and oxygen atoms in total. The molecule has 0 aromatic heterocycles. The van der Waals surface area contributed by atoms with E-state index in [4.69, 9.17) is 4.74 Å². The van der Waals surface area contributed by atoms with Gasteiger partial charge in [-0.15, -0.1) is 0 Å². The van der Waals surface area contributed by atoms with Gasteiger partial charge in [0.2, 0.25) is 0 Å². The number of hydrogen-bond acceptors (Lipinski definition) is 3. The molecule has 21 heavy (non-hydrogen) atoms. The van der Waals surface area contributed by atoms with Crippen LogP contribution in [0, 0.1) is 3.57 Å². The van der Waals surface area contributed by atoms with Gasteiger partial charge < -0.3 is 10.1 Å². The second kappa shape index (κ2) is 7.45. The first kappa shape index (κ1) is 15.8. The fourth-order valence-corrected chi connectivity index (χ4v) is 2.36. The summed E-state index contributed by atoms with van der Waals surface area (Å²) in [6.45, 7) is 4.31. The molecule has 0 heterocycles. The first-order chi connectivity index (χ1) is 10.1. The number of rotatable bonds is 5. The van der Waals surface area contributed by atoms with Crippen LogP contribution in [0.3, 0.4) is 0 Å². The van der Waals surface area contributed by atoms with Crippen molar-refractivity contribution in [3.8, 4) is 0 Å². The fourth-order valence-electron chi connectivity index (χ4n) is 2.00. The highest BCUT2D eigenvalue weighted by Gasteiger charge is 2.08. The number of carbonyl (C=O) groups is 1. The Hall–Kier alpha value is -1.56. The molecule has 0 saturated heterocycles. The second-order valence-corrected chi connectivity index (χ2v) is 5.96. The first-order valence-corrected chi connectivity index (χ1v) is 7.97. The molecule has 2 rings (SSSR count). The van der Waals surface area contributed by atoms with Crippen LogP contribution in [0.1, 0.15) is 35.8 Å². The van der Waals surface area contributed by atoms with E-state index in [1.54, 1.807) is 19.1 Å². The van der Waals surface area contributed by atoms with Crippen LogP contribution in [0.4, 0.5) is 5.69 Å². The van der Waals surface area contributed by atoms with Gasteiger partial charge in [-0.2, -0.15) is 0 Å². The van der Waals surface area contributed by atoms with Crippen LogP contribution in [-0.4, -0.2) is 12.6 Å². The van der Waals surface area contributed by atoms with Crippen LogP contribution < -0.4 is 5.32 Å². The summed E-state index contributed by atoms with van der Waals surface area (Å²) in [5, 5.41) is 3.42. The molecule has 0 saturated carbocycles. The second-order valence-electron chi connectivity index (χ2n) is 4.72. The van der Waals surface area contributed by atoms with Crippen molar-refractivity contribution in [3.05, 3.63) is 63.2 Å². The molecular weight excluding hydrogens is 377 g/mol. The highest BCUT2D eigenvalue weighted by atomic mass is 127. The summed E-state index contributed by atoms with van der Waals surface area (Å²) >= 11 is 2.30. The maximum atomic E-state index is 11.6. The molecule has 1 unspecified atom stereocenters. The van der Waals surface area contributed by atoms with Crippen LogP contribution in [0.15, 0.2) is 48.5 Å². The van der Waals surface area contributed by atoms with E-state index in [2.05, 4.69) is 59.1 Å². The van der Waals surface area contributed by atoms with E-state index in [9.17, 15) is 4.79 Å². The molecule has 2 aromatic carbocycles. The van der Waals surface area contributed by atoms with E-state index in [0.717, 1.165) is 5.69 Å². The zero-order valence-corrected chi connectivity index (χ0v) is 14.3. The van der Waals surface area contributed by atoms with Gasteiger partial charge in [0.25, 0.3) is 0 Å². The smallest absolute Gasteiger partial charge is 0.338 e. The van der Waals surface area contributed by atoms with Crippen molar-refractivity contribution in [2.24, 2.45) is 0 Å². The summed E-state index contributed by atoms with van der Waals surface area (Å²) in [7, 11) is 0. The minimum Gasteiger partial charge on any atom is -0.462 e.